The lowest BCUT2D eigenvalue weighted by Crippen LogP contribution is -1.96. The van der Waals surface area contributed by atoms with Gasteiger partial charge in [0.25, 0.3) is 0 Å². The first-order chi connectivity index (χ1) is 8.90. The lowest BCUT2D eigenvalue weighted by Gasteiger charge is -2.08. The second kappa shape index (κ2) is 6.40. The molecule has 0 atom stereocenters. The maximum Gasteiger partial charge on any atom is 0.142 e. The van der Waals surface area contributed by atoms with Gasteiger partial charge in [-0.25, -0.2) is 0 Å². The van der Waals surface area contributed by atoms with Crippen LogP contribution in [0.25, 0.3) is 6.08 Å². The Bertz CT molecular complexity index is 530. The Morgan fingerprint density at radius 2 is 1.67 bits per heavy atom. The maximum atomic E-state index is 10.3. The molecule has 0 aliphatic heterocycles. The van der Waals surface area contributed by atoms with Gasteiger partial charge in [0.2, 0.25) is 0 Å². The molecule has 0 saturated heterocycles. The standard InChI is InChI=1S/C16H14O2/c17-12-6-10-15-9-4-5-11-16(15)18-13-14-7-2-1-3-8-14/h1-12H,13H2. The number of carbonyl (C=O) groups is 1. The van der Waals surface area contributed by atoms with Gasteiger partial charge in [0.1, 0.15) is 18.6 Å². The molecular weight excluding hydrogens is 224 g/mol. The van der Waals surface area contributed by atoms with E-state index in [0.717, 1.165) is 23.2 Å². The molecule has 0 unspecified atom stereocenters. The van der Waals surface area contributed by atoms with E-state index in [2.05, 4.69) is 0 Å². The van der Waals surface area contributed by atoms with Crippen LogP contribution in [0.5, 0.6) is 5.75 Å². The topological polar surface area (TPSA) is 26.3 Å². The zero-order valence-electron chi connectivity index (χ0n) is 9.95. The van der Waals surface area contributed by atoms with Crippen LogP contribution in [0.3, 0.4) is 0 Å². The van der Waals surface area contributed by atoms with Gasteiger partial charge in [0.05, 0.1) is 0 Å². The van der Waals surface area contributed by atoms with Crippen molar-refractivity contribution in [1.82, 2.24) is 0 Å². The van der Waals surface area contributed by atoms with Gasteiger partial charge in [-0.2, -0.15) is 0 Å². The third-order valence-electron chi connectivity index (χ3n) is 2.51. The second-order valence-electron chi connectivity index (χ2n) is 3.81. The highest BCUT2D eigenvalue weighted by atomic mass is 16.5. The van der Waals surface area contributed by atoms with E-state index in [1.165, 1.54) is 6.08 Å². The van der Waals surface area contributed by atoms with Gasteiger partial charge in [0, 0.05) is 5.56 Å². The SMILES string of the molecule is O=CC=Cc1ccccc1OCc1ccccc1. The van der Waals surface area contributed by atoms with E-state index in [0.29, 0.717) is 6.61 Å². The summed E-state index contributed by atoms with van der Waals surface area (Å²) in [6.45, 7) is 0.521. The van der Waals surface area contributed by atoms with Crippen LogP contribution < -0.4 is 4.74 Å². The number of hydrogen-bond donors (Lipinski definition) is 0. The first-order valence-electron chi connectivity index (χ1n) is 5.78. The summed E-state index contributed by atoms with van der Waals surface area (Å²) in [5, 5.41) is 0. The van der Waals surface area contributed by atoms with Crippen LogP contribution >= 0.6 is 0 Å². The molecule has 2 heteroatoms. The van der Waals surface area contributed by atoms with E-state index in [-0.39, 0.29) is 0 Å². The summed E-state index contributed by atoms with van der Waals surface area (Å²) < 4.78 is 5.75. The van der Waals surface area contributed by atoms with Crippen molar-refractivity contribution in [3.8, 4) is 5.75 Å². The predicted octanol–water partition coefficient (Wildman–Crippen LogP) is 3.48. The van der Waals surface area contributed by atoms with Crippen molar-refractivity contribution < 1.29 is 9.53 Å². The van der Waals surface area contributed by atoms with Crippen molar-refractivity contribution >= 4 is 12.4 Å². The van der Waals surface area contributed by atoms with Gasteiger partial charge in [-0.05, 0) is 23.8 Å². The molecule has 2 aromatic carbocycles. The normalized spacial score (nSPS) is 10.4. The summed E-state index contributed by atoms with van der Waals surface area (Å²) in [4.78, 5) is 10.3. The molecule has 0 heterocycles. The molecule has 90 valence electrons. The van der Waals surface area contributed by atoms with Gasteiger partial charge in [0.15, 0.2) is 0 Å². The van der Waals surface area contributed by atoms with Crippen LogP contribution in [0.15, 0.2) is 60.7 Å². The zero-order chi connectivity index (χ0) is 12.6. The van der Waals surface area contributed by atoms with E-state index in [1.54, 1.807) is 6.08 Å². The van der Waals surface area contributed by atoms with Gasteiger partial charge < -0.3 is 4.74 Å². The number of hydrogen-bond acceptors (Lipinski definition) is 2. The minimum Gasteiger partial charge on any atom is -0.488 e. The molecule has 0 bridgehead atoms. The summed E-state index contributed by atoms with van der Waals surface area (Å²) in [6.07, 6.45) is 3.96. The number of rotatable bonds is 5. The van der Waals surface area contributed by atoms with Crippen molar-refractivity contribution in [3.63, 3.8) is 0 Å². The van der Waals surface area contributed by atoms with Crippen LogP contribution in [-0.2, 0) is 11.4 Å². The van der Waals surface area contributed by atoms with Crippen LogP contribution in [-0.4, -0.2) is 6.29 Å². The minimum atomic E-state index is 0.521. The number of carbonyl (C=O) groups excluding carboxylic acids is 1. The Kier molecular flexibility index (Phi) is 4.31. The fraction of sp³-hybridized carbons (Fsp3) is 0.0625. The lowest BCUT2D eigenvalue weighted by molar-refractivity contribution is -0.104. The van der Waals surface area contributed by atoms with Crippen molar-refractivity contribution in [1.29, 1.82) is 0 Å². The summed E-state index contributed by atoms with van der Waals surface area (Å²) in [5.41, 5.74) is 2.02. The van der Waals surface area contributed by atoms with E-state index >= 15 is 0 Å². The average Bonchev–Trinajstić information content (AvgIpc) is 2.45. The van der Waals surface area contributed by atoms with E-state index in [1.807, 2.05) is 54.6 Å². The third kappa shape index (κ3) is 3.32. The van der Waals surface area contributed by atoms with Crippen LogP contribution in [0.2, 0.25) is 0 Å². The molecule has 2 aromatic rings. The predicted molar refractivity (Wildman–Crippen MR) is 72.3 cm³/mol. The number of para-hydroxylation sites is 1. The highest BCUT2D eigenvalue weighted by molar-refractivity contribution is 5.75. The largest absolute Gasteiger partial charge is 0.488 e. The Labute approximate surface area is 107 Å². The quantitative estimate of drug-likeness (QED) is 0.589. The Morgan fingerprint density at radius 1 is 0.944 bits per heavy atom. The summed E-state index contributed by atoms with van der Waals surface area (Å²) >= 11 is 0. The molecule has 2 nitrogen and oxygen atoms in total. The molecule has 0 aromatic heterocycles. The van der Waals surface area contributed by atoms with Gasteiger partial charge in [-0.3, -0.25) is 4.79 Å². The van der Waals surface area contributed by atoms with Crippen LogP contribution in [0.1, 0.15) is 11.1 Å². The van der Waals surface area contributed by atoms with Crippen molar-refractivity contribution in [3.05, 3.63) is 71.8 Å². The first-order valence-corrected chi connectivity index (χ1v) is 5.78. The molecule has 0 fully saturated rings. The highest BCUT2D eigenvalue weighted by Crippen LogP contribution is 2.20. The van der Waals surface area contributed by atoms with Gasteiger partial charge >= 0.3 is 0 Å². The molecule has 0 spiro atoms. The molecule has 0 N–H and O–H groups in total. The fourth-order valence-corrected chi connectivity index (χ4v) is 1.63. The number of benzene rings is 2. The number of ether oxygens (including phenoxy) is 1. The number of aldehydes is 1. The Balaban J connectivity index is 2.09. The van der Waals surface area contributed by atoms with Gasteiger partial charge in [-0.15, -0.1) is 0 Å². The van der Waals surface area contributed by atoms with E-state index in [9.17, 15) is 4.79 Å². The molecule has 18 heavy (non-hydrogen) atoms. The van der Waals surface area contributed by atoms with Crippen LogP contribution in [0.4, 0.5) is 0 Å². The van der Waals surface area contributed by atoms with E-state index < -0.39 is 0 Å². The number of allylic oxidation sites excluding steroid dienone is 1. The summed E-state index contributed by atoms with van der Waals surface area (Å²) in [6, 6.07) is 17.6. The second-order valence-corrected chi connectivity index (χ2v) is 3.81. The molecule has 0 radical (unpaired) electrons. The van der Waals surface area contributed by atoms with Gasteiger partial charge in [-0.1, -0.05) is 48.5 Å². The minimum absolute atomic E-state index is 0.521. The third-order valence-corrected chi connectivity index (χ3v) is 2.51. The molecular formula is C16H14O2. The van der Waals surface area contributed by atoms with E-state index in [4.69, 9.17) is 4.74 Å². The van der Waals surface area contributed by atoms with Crippen LogP contribution in [0, 0.1) is 0 Å². The average molecular weight is 238 g/mol. The molecule has 0 aliphatic rings. The van der Waals surface area contributed by atoms with Crippen molar-refractivity contribution in [2.75, 3.05) is 0 Å². The smallest absolute Gasteiger partial charge is 0.142 e. The monoisotopic (exact) mass is 238 g/mol. The summed E-state index contributed by atoms with van der Waals surface area (Å²) in [7, 11) is 0. The molecule has 2 rings (SSSR count). The summed E-state index contributed by atoms with van der Waals surface area (Å²) in [5.74, 6) is 0.777. The van der Waals surface area contributed by atoms with Crippen molar-refractivity contribution in [2.24, 2.45) is 0 Å². The fourth-order valence-electron chi connectivity index (χ4n) is 1.63. The zero-order valence-corrected chi connectivity index (χ0v) is 9.95. The Morgan fingerprint density at radius 3 is 2.44 bits per heavy atom. The van der Waals surface area contributed by atoms with Crippen molar-refractivity contribution in [2.45, 2.75) is 6.61 Å². The maximum absolute atomic E-state index is 10.3. The molecule has 0 saturated carbocycles. The molecule has 0 aliphatic carbocycles. The molecule has 0 amide bonds. The Hall–Kier alpha value is -2.35. The highest BCUT2D eigenvalue weighted by Gasteiger charge is 1.99. The first kappa shape index (κ1) is 12.1. The lowest BCUT2D eigenvalue weighted by atomic mass is 10.2.